The zero-order chi connectivity index (χ0) is 8.27. The summed E-state index contributed by atoms with van der Waals surface area (Å²) in [7, 11) is 0. The molecule has 0 radical (unpaired) electrons. The molecule has 0 fully saturated rings. The number of hydrogen-bond acceptors (Lipinski definition) is 3. The Kier molecular flexibility index (Phi) is 2.54. The van der Waals surface area contributed by atoms with Crippen molar-refractivity contribution in [2.24, 2.45) is 5.73 Å². The fourth-order valence-corrected chi connectivity index (χ4v) is 0.942. The molecule has 0 aliphatic carbocycles. The second-order valence-electron chi connectivity index (χ2n) is 2.77. The molecule has 0 bridgehead atoms. The predicted octanol–water partition coefficient (Wildman–Crippen LogP) is 0.675. The van der Waals surface area contributed by atoms with Crippen molar-refractivity contribution in [3.63, 3.8) is 0 Å². The summed E-state index contributed by atoms with van der Waals surface area (Å²) in [4.78, 5) is 8.29. The van der Waals surface area contributed by atoms with Gasteiger partial charge < -0.3 is 5.73 Å². The van der Waals surface area contributed by atoms with E-state index in [1.807, 2.05) is 13.8 Å². The predicted molar refractivity (Wildman–Crippen MR) is 44.1 cm³/mol. The first-order valence-corrected chi connectivity index (χ1v) is 3.72. The number of rotatable bonds is 2. The maximum absolute atomic E-state index is 5.63. The molecule has 3 nitrogen and oxygen atoms in total. The molecule has 3 heteroatoms. The van der Waals surface area contributed by atoms with Crippen molar-refractivity contribution in [3.8, 4) is 0 Å². The van der Waals surface area contributed by atoms with Crippen molar-refractivity contribution in [1.82, 2.24) is 9.97 Å². The molecule has 1 aromatic heterocycles. The summed E-state index contributed by atoms with van der Waals surface area (Å²) in [5.41, 5.74) is 7.60. The highest BCUT2D eigenvalue weighted by atomic mass is 14.8. The molecule has 2 N–H and O–H groups in total. The van der Waals surface area contributed by atoms with Crippen LogP contribution in [0.15, 0.2) is 12.4 Å². The maximum atomic E-state index is 5.63. The summed E-state index contributed by atoms with van der Waals surface area (Å²) in [5, 5.41) is 0. The molecule has 0 aliphatic heterocycles. The number of aryl methyl sites for hydroxylation is 1. The molecule has 0 spiro atoms. The molecule has 0 aliphatic rings. The Balaban J connectivity index is 2.78. The molecule has 0 unspecified atom stereocenters. The molecule has 1 aromatic rings. The van der Waals surface area contributed by atoms with E-state index in [1.165, 1.54) is 0 Å². The molecular weight excluding hydrogens is 138 g/mol. The smallest absolute Gasteiger partial charge is 0.0631 e. The third-order valence-corrected chi connectivity index (χ3v) is 1.50. The van der Waals surface area contributed by atoms with E-state index in [2.05, 4.69) is 9.97 Å². The first-order valence-electron chi connectivity index (χ1n) is 3.72. The van der Waals surface area contributed by atoms with Gasteiger partial charge in [-0.1, -0.05) is 0 Å². The number of aromatic nitrogens is 2. The van der Waals surface area contributed by atoms with E-state index in [4.69, 9.17) is 5.73 Å². The van der Waals surface area contributed by atoms with Gasteiger partial charge in [-0.15, -0.1) is 0 Å². The third-order valence-electron chi connectivity index (χ3n) is 1.50. The lowest BCUT2D eigenvalue weighted by Crippen LogP contribution is -2.19. The lowest BCUT2D eigenvalue weighted by Gasteiger charge is -2.05. The van der Waals surface area contributed by atoms with E-state index in [0.717, 1.165) is 17.8 Å². The van der Waals surface area contributed by atoms with Gasteiger partial charge in [-0.3, -0.25) is 9.97 Å². The van der Waals surface area contributed by atoms with E-state index in [9.17, 15) is 0 Å². The lowest BCUT2D eigenvalue weighted by molar-refractivity contribution is 0.712. The molecule has 1 rings (SSSR count). The molecule has 0 saturated heterocycles. The van der Waals surface area contributed by atoms with Crippen LogP contribution in [0.3, 0.4) is 0 Å². The average molecular weight is 151 g/mol. The van der Waals surface area contributed by atoms with Gasteiger partial charge in [-0.2, -0.15) is 0 Å². The van der Waals surface area contributed by atoms with Crippen LogP contribution in [-0.2, 0) is 6.42 Å². The fourth-order valence-electron chi connectivity index (χ4n) is 0.942. The molecular formula is C8H13N3. The van der Waals surface area contributed by atoms with Crippen LogP contribution >= 0.6 is 0 Å². The summed E-state index contributed by atoms with van der Waals surface area (Å²) >= 11 is 0. The van der Waals surface area contributed by atoms with Crippen LogP contribution in [0.4, 0.5) is 0 Å². The van der Waals surface area contributed by atoms with Crippen molar-refractivity contribution >= 4 is 0 Å². The quantitative estimate of drug-likeness (QED) is 0.676. The minimum Gasteiger partial charge on any atom is -0.328 e. The summed E-state index contributed by atoms with van der Waals surface area (Å²) in [6.07, 6.45) is 4.20. The van der Waals surface area contributed by atoms with Crippen LogP contribution < -0.4 is 5.73 Å². The SMILES string of the molecule is Cc1nccnc1C[C@H](C)N. The van der Waals surface area contributed by atoms with Crippen molar-refractivity contribution in [2.45, 2.75) is 26.3 Å². The second kappa shape index (κ2) is 3.44. The van der Waals surface area contributed by atoms with Gasteiger partial charge in [-0.05, 0) is 13.8 Å². The standard InChI is InChI=1S/C8H13N3/c1-6(9)5-8-7(2)10-3-4-11-8/h3-4,6H,5,9H2,1-2H3/t6-/m0/s1. The van der Waals surface area contributed by atoms with Gasteiger partial charge in [0.25, 0.3) is 0 Å². The van der Waals surface area contributed by atoms with Crippen LogP contribution in [0.5, 0.6) is 0 Å². The Morgan fingerprint density at radius 1 is 1.45 bits per heavy atom. The van der Waals surface area contributed by atoms with E-state index in [0.29, 0.717) is 0 Å². The van der Waals surface area contributed by atoms with Gasteiger partial charge in [-0.25, -0.2) is 0 Å². The van der Waals surface area contributed by atoms with Crippen LogP contribution in [0.25, 0.3) is 0 Å². The van der Waals surface area contributed by atoms with Gasteiger partial charge in [0, 0.05) is 24.9 Å². The highest BCUT2D eigenvalue weighted by Gasteiger charge is 2.01. The van der Waals surface area contributed by atoms with Gasteiger partial charge >= 0.3 is 0 Å². The van der Waals surface area contributed by atoms with Gasteiger partial charge in [0.2, 0.25) is 0 Å². The normalized spacial score (nSPS) is 13.0. The summed E-state index contributed by atoms with van der Waals surface area (Å²) in [6.45, 7) is 3.92. The monoisotopic (exact) mass is 151 g/mol. The lowest BCUT2D eigenvalue weighted by atomic mass is 10.1. The topological polar surface area (TPSA) is 51.8 Å². The minimum absolute atomic E-state index is 0.158. The van der Waals surface area contributed by atoms with Crippen molar-refractivity contribution in [3.05, 3.63) is 23.8 Å². The fraction of sp³-hybridized carbons (Fsp3) is 0.500. The number of nitrogens with two attached hydrogens (primary N) is 1. The Morgan fingerprint density at radius 2 is 2.09 bits per heavy atom. The molecule has 1 heterocycles. The van der Waals surface area contributed by atoms with E-state index < -0.39 is 0 Å². The maximum Gasteiger partial charge on any atom is 0.0631 e. The van der Waals surface area contributed by atoms with E-state index >= 15 is 0 Å². The van der Waals surface area contributed by atoms with Crippen LogP contribution in [-0.4, -0.2) is 16.0 Å². The number of hydrogen-bond donors (Lipinski definition) is 1. The van der Waals surface area contributed by atoms with Gasteiger partial charge in [0.15, 0.2) is 0 Å². The Bertz CT molecular complexity index is 233. The van der Waals surface area contributed by atoms with E-state index in [-0.39, 0.29) is 6.04 Å². The van der Waals surface area contributed by atoms with Crippen molar-refractivity contribution < 1.29 is 0 Å². The second-order valence-corrected chi connectivity index (χ2v) is 2.77. The summed E-state index contributed by atoms with van der Waals surface area (Å²) in [6, 6.07) is 0.158. The first kappa shape index (κ1) is 8.14. The Labute approximate surface area is 66.7 Å². The average Bonchev–Trinajstić information content (AvgIpc) is 1.93. The zero-order valence-electron chi connectivity index (χ0n) is 6.91. The van der Waals surface area contributed by atoms with E-state index in [1.54, 1.807) is 12.4 Å². The Morgan fingerprint density at radius 3 is 2.64 bits per heavy atom. The zero-order valence-corrected chi connectivity index (χ0v) is 6.91. The molecule has 60 valence electrons. The summed E-state index contributed by atoms with van der Waals surface area (Å²) in [5.74, 6) is 0. The third kappa shape index (κ3) is 2.27. The van der Waals surface area contributed by atoms with Crippen molar-refractivity contribution in [1.29, 1.82) is 0 Å². The largest absolute Gasteiger partial charge is 0.328 e. The minimum atomic E-state index is 0.158. The van der Waals surface area contributed by atoms with Crippen LogP contribution in [0, 0.1) is 6.92 Å². The van der Waals surface area contributed by atoms with Gasteiger partial charge in [0.05, 0.1) is 11.4 Å². The first-order chi connectivity index (χ1) is 5.20. The highest BCUT2D eigenvalue weighted by molar-refractivity contribution is 5.09. The summed E-state index contributed by atoms with van der Waals surface area (Å²) < 4.78 is 0. The number of nitrogens with zero attached hydrogens (tertiary/aromatic N) is 2. The molecule has 1 atom stereocenters. The van der Waals surface area contributed by atoms with Gasteiger partial charge in [0.1, 0.15) is 0 Å². The molecule has 11 heavy (non-hydrogen) atoms. The highest BCUT2D eigenvalue weighted by Crippen LogP contribution is 2.01. The van der Waals surface area contributed by atoms with Crippen LogP contribution in [0.1, 0.15) is 18.3 Å². The molecule has 0 amide bonds. The molecule has 0 aromatic carbocycles. The van der Waals surface area contributed by atoms with Crippen LogP contribution in [0.2, 0.25) is 0 Å². The van der Waals surface area contributed by atoms with Crippen molar-refractivity contribution in [2.75, 3.05) is 0 Å². The Hall–Kier alpha value is -0.960. The molecule has 0 saturated carbocycles.